The Balaban J connectivity index is 1.58. The van der Waals surface area contributed by atoms with Crippen molar-refractivity contribution in [3.63, 3.8) is 0 Å². The smallest absolute Gasteiger partial charge is 0.310 e. The minimum absolute atomic E-state index is 0.0217. The van der Waals surface area contributed by atoms with Crippen LogP contribution >= 0.6 is 0 Å². The standard InChI is InChI=1S/C21H29NO3/c1-20(2,3)14-9-7-13(8-10-14)18(23)22-11-15-16(12-22)17(15)19(24)25-21(4,5)6/h7-10,15-17H,11-12H2,1-6H3. The normalized spacial score (nSPS) is 25.5. The Morgan fingerprint density at radius 3 is 1.92 bits per heavy atom. The van der Waals surface area contributed by atoms with Crippen molar-refractivity contribution in [2.75, 3.05) is 13.1 Å². The molecule has 3 rings (SSSR count). The van der Waals surface area contributed by atoms with Gasteiger partial charge in [0.25, 0.3) is 5.91 Å². The molecule has 2 aliphatic rings. The van der Waals surface area contributed by atoms with E-state index in [1.165, 1.54) is 5.56 Å². The summed E-state index contributed by atoms with van der Waals surface area (Å²) in [5, 5.41) is 0. The average molecular weight is 343 g/mol. The third kappa shape index (κ3) is 3.73. The Morgan fingerprint density at radius 2 is 1.48 bits per heavy atom. The highest BCUT2D eigenvalue weighted by molar-refractivity contribution is 5.95. The molecule has 1 heterocycles. The highest BCUT2D eigenvalue weighted by atomic mass is 16.6. The molecular formula is C21H29NO3. The van der Waals surface area contributed by atoms with E-state index < -0.39 is 5.60 Å². The fraction of sp³-hybridized carbons (Fsp3) is 0.619. The first-order chi connectivity index (χ1) is 11.5. The summed E-state index contributed by atoms with van der Waals surface area (Å²) >= 11 is 0. The van der Waals surface area contributed by atoms with Crippen molar-refractivity contribution in [1.82, 2.24) is 4.90 Å². The van der Waals surface area contributed by atoms with E-state index in [0.717, 1.165) is 5.56 Å². The molecular weight excluding hydrogens is 314 g/mol. The molecule has 1 aliphatic carbocycles. The van der Waals surface area contributed by atoms with Gasteiger partial charge < -0.3 is 9.64 Å². The van der Waals surface area contributed by atoms with Crippen molar-refractivity contribution in [3.8, 4) is 0 Å². The van der Waals surface area contributed by atoms with Crippen molar-refractivity contribution in [2.45, 2.75) is 52.6 Å². The van der Waals surface area contributed by atoms with Gasteiger partial charge in [0.2, 0.25) is 0 Å². The molecule has 4 heteroatoms. The Bertz CT molecular complexity index is 667. The second-order valence-corrected chi connectivity index (χ2v) is 9.42. The molecule has 25 heavy (non-hydrogen) atoms. The third-order valence-electron chi connectivity index (χ3n) is 5.16. The predicted octanol–water partition coefficient (Wildman–Crippen LogP) is 3.64. The number of esters is 1. The Labute approximate surface area is 150 Å². The van der Waals surface area contributed by atoms with Crippen molar-refractivity contribution < 1.29 is 14.3 Å². The summed E-state index contributed by atoms with van der Waals surface area (Å²) in [7, 11) is 0. The summed E-state index contributed by atoms with van der Waals surface area (Å²) in [6, 6.07) is 7.90. The van der Waals surface area contributed by atoms with Crippen LogP contribution in [0.5, 0.6) is 0 Å². The van der Waals surface area contributed by atoms with Gasteiger partial charge >= 0.3 is 5.97 Å². The molecule has 0 N–H and O–H groups in total. The quantitative estimate of drug-likeness (QED) is 0.770. The Morgan fingerprint density at radius 1 is 0.960 bits per heavy atom. The maximum Gasteiger partial charge on any atom is 0.310 e. The van der Waals surface area contributed by atoms with Gasteiger partial charge in [-0.3, -0.25) is 9.59 Å². The maximum atomic E-state index is 12.7. The maximum absolute atomic E-state index is 12.7. The van der Waals surface area contributed by atoms with Gasteiger partial charge in [-0.25, -0.2) is 0 Å². The van der Waals surface area contributed by atoms with Gasteiger partial charge in [-0.15, -0.1) is 0 Å². The molecule has 0 radical (unpaired) electrons. The number of ether oxygens (including phenoxy) is 1. The molecule has 2 fully saturated rings. The lowest BCUT2D eigenvalue weighted by Gasteiger charge is -2.23. The molecule has 136 valence electrons. The predicted molar refractivity (Wildman–Crippen MR) is 97.4 cm³/mol. The van der Waals surface area contributed by atoms with Gasteiger partial charge in [-0.1, -0.05) is 32.9 Å². The lowest BCUT2D eigenvalue weighted by molar-refractivity contribution is -0.157. The molecule has 1 amide bonds. The van der Waals surface area contributed by atoms with Crippen LogP contribution in [-0.2, 0) is 14.9 Å². The van der Waals surface area contributed by atoms with Crippen molar-refractivity contribution >= 4 is 11.9 Å². The molecule has 1 aromatic rings. The van der Waals surface area contributed by atoms with Crippen LogP contribution in [0, 0.1) is 17.8 Å². The summed E-state index contributed by atoms with van der Waals surface area (Å²) in [5.74, 6) is 0.478. The zero-order valence-electron chi connectivity index (χ0n) is 16.1. The largest absolute Gasteiger partial charge is 0.460 e. The van der Waals surface area contributed by atoms with Crippen LogP contribution in [0.1, 0.15) is 57.5 Å². The van der Waals surface area contributed by atoms with Gasteiger partial charge in [-0.2, -0.15) is 0 Å². The van der Waals surface area contributed by atoms with E-state index in [4.69, 9.17) is 4.74 Å². The first-order valence-corrected chi connectivity index (χ1v) is 9.10. The number of carbonyl (C=O) groups excluding carboxylic acids is 2. The number of carbonyl (C=O) groups is 2. The second-order valence-electron chi connectivity index (χ2n) is 9.42. The number of piperidine rings is 1. The Kier molecular flexibility index (Phi) is 4.21. The minimum atomic E-state index is -0.446. The number of amides is 1. The van der Waals surface area contributed by atoms with Gasteiger partial charge in [0.15, 0.2) is 0 Å². The summed E-state index contributed by atoms with van der Waals surface area (Å²) in [5.41, 5.74) is 1.58. The SMILES string of the molecule is CC(C)(C)OC(=O)C1C2CN(C(=O)c3ccc(C(C)(C)C)cc3)CC21. The lowest BCUT2D eigenvalue weighted by atomic mass is 9.86. The van der Waals surface area contributed by atoms with Crippen molar-refractivity contribution in [2.24, 2.45) is 17.8 Å². The molecule has 4 nitrogen and oxygen atoms in total. The topological polar surface area (TPSA) is 46.6 Å². The third-order valence-corrected chi connectivity index (χ3v) is 5.16. The fourth-order valence-electron chi connectivity index (χ4n) is 3.71. The van der Waals surface area contributed by atoms with Crippen molar-refractivity contribution in [3.05, 3.63) is 35.4 Å². The van der Waals surface area contributed by atoms with Crippen LogP contribution in [0.15, 0.2) is 24.3 Å². The van der Waals surface area contributed by atoms with E-state index in [9.17, 15) is 9.59 Å². The van der Waals surface area contributed by atoms with Crippen LogP contribution in [0.3, 0.4) is 0 Å². The Hall–Kier alpha value is -1.84. The highest BCUT2D eigenvalue weighted by Crippen LogP contribution is 2.52. The number of hydrogen-bond acceptors (Lipinski definition) is 3. The molecule has 0 spiro atoms. The highest BCUT2D eigenvalue weighted by Gasteiger charge is 2.61. The second kappa shape index (κ2) is 5.86. The van der Waals surface area contributed by atoms with Crippen LogP contribution < -0.4 is 0 Å². The fourth-order valence-corrected chi connectivity index (χ4v) is 3.71. The molecule has 1 saturated heterocycles. The zero-order valence-corrected chi connectivity index (χ0v) is 16.1. The van der Waals surface area contributed by atoms with Crippen LogP contribution in [0.25, 0.3) is 0 Å². The van der Waals surface area contributed by atoms with E-state index in [-0.39, 0.29) is 35.0 Å². The van der Waals surface area contributed by atoms with E-state index in [0.29, 0.717) is 13.1 Å². The van der Waals surface area contributed by atoms with E-state index in [1.807, 2.05) is 49.9 Å². The molecule has 0 bridgehead atoms. The molecule has 1 aromatic carbocycles. The molecule has 0 aromatic heterocycles. The van der Waals surface area contributed by atoms with Crippen molar-refractivity contribution in [1.29, 1.82) is 0 Å². The number of likely N-dealkylation sites (tertiary alicyclic amines) is 1. The number of fused-ring (bicyclic) bond motifs is 1. The number of nitrogens with zero attached hydrogens (tertiary/aromatic N) is 1. The average Bonchev–Trinajstić information content (AvgIpc) is 2.99. The van der Waals surface area contributed by atoms with Gasteiger partial charge in [-0.05, 0) is 55.7 Å². The molecule has 2 atom stereocenters. The van der Waals surface area contributed by atoms with E-state index in [2.05, 4.69) is 20.8 Å². The molecule has 1 saturated carbocycles. The van der Waals surface area contributed by atoms with Gasteiger partial charge in [0.1, 0.15) is 5.60 Å². The number of benzene rings is 1. The van der Waals surface area contributed by atoms with Crippen LogP contribution in [0.2, 0.25) is 0 Å². The summed E-state index contributed by atoms with van der Waals surface area (Å²) in [6.45, 7) is 13.5. The monoisotopic (exact) mass is 343 g/mol. The number of hydrogen-bond donors (Lipinski definition) is 0. The summed E-state index contributed by atoms with van der Waals surface area (Å²) in [6.07, 6.45) is 0. The summed E-state index contributed by atoms with van der Waals surface area (Å²) < 4.78 is 5.48. The van der Waals surface area contributed by atoms with E-state index in [1.54, 1.807) is 0 Å². The first-order valence-electron chi connectivity index (χ1n) is 9.10. The minimum Gasteiger partial charge on any atom is -0.460 e. The molecule has 2 unspecified atom stereocenters. The number of rotatable bonds is 2. The molecule has 1 aliphatic heterocycles. The zero-order chi connectivity index (χ0) is 18.6. The first kappa shape index (κ1) is 18.0. The van der Waals surface area contributed by atoms with Crippen LogP contribution in [-0.4, -0.2) is 35.5 Å². The summed E-state index contributed by atoms with van der Waals surface area (Å²) in [4.78, 5) is 26.8. The lowest BCUT2D eigenvalue weighted by Crippen LogP contribution is -2.34. The van der Waals surface area contributed by atoms with Gasteiger partial charge in [0, 0.05) is 18.7 Å². The van der Waals surface area contributed by atoms with E-state index >= 15 is 0 Å². The van der Waals surface area contributed by atoms with Gasteiger partial charge in [0.05, 0.1) is 5.92 Å². The van der Waals surface area contributed by atoms with Crippen LogP contribution in [0.4, 0.5) is 0 Å².